The van der Waals surface area contributed by atoms with E-state index in [0.717, 1.165) is 5.56 Å². The van der Waals surface area contributed by atoms with E-state index in [9.17, 15) is 39.0 Å². The lowest BCUT2D eigenvalue weighted by Gasteiger charge is -2.24. The molecule has 14 heteroatoms. The van der Waals surface area contributed by atoms with Crippen molar-refractivity contribution in [3.05, 3.63) is 35.9 Å². The Morgan fingerprint density at radius 3 is 1.97 bits per heavy atom. The molecule has 204 valence electrons. The maximum Gasteiger partial charge on any atom is 0.326 e. The molecule has 1 aromatic carbocycles. The predicted octanol–water partition coefficient (Wildman–Crippen LogP) is -1.41. The van der Waals surface area contributed by atoms with Gasteiger partial charge in [-0.25, -0.2) is 4.79 Å². The first-order chi connectivity index (χ1) is 17.4. The third-order valence-corrected chi connectivity index (χ3v) is 5.83. The Hall–Kier alpha value is -3.65. The highest BCUT2D eigenvalue weighted by molar-refractivity contribution is 7.98. The van der Waals surface area contributed by atoms with Crippen LogP contribution in [0.2, 0.25) is 0 Å². The quantitative estimate of drug-likeness (QED) is 0.122. The van der Waals surface area contributed by atoms with Gasteiger partial charge in [-0.1, -0.05) is 30.3 Å². The molecule has 0 aromatic heterocycles. The van der Waals surface area contributed by atoms with Crippen LogP contribution in [0.15, 0.2) is 30.3 Å². The normalized spacial score (nSPS) is 13.9. The summed E-state index contributed by atoms with van der Waals surface area (Å²) in [7, 11) is 0. The molecule has 0 bridgehead atoms. The van der Waals surface area contributed by atoms with Gasteiger partial charge in [0.15, 0.2) is 0 Å². The molecule has 4 amide bonds. The number of amides is 4. The van der Waals surface area contributed by atoms with E-state index < -0.39 is 66.2 Å². The molecule has 0 spiro atoms. The Morgan fingerprint density at radius 2 is 1.43 bits per heavy atom. The van der Waals surface area contributed by atoms with Crippen LogP contribution in [-0.2, 0) is 35.2 Å². The lowest BCUT2D eigenvalue weighted by atomic mass is 10.0. The van der Waals surface area contributed by atoms with E-state index in [1.807, 2.05) is 0 Å². The molecular formula is C23H33N5O8S. The number of carboxylic acids is 2. The van der Waals surface area contributed by atoms with Crippen molar-refractivity contribution in [3.8, 4) is 0 Å². The summed E-state index contributed by atoms with van der Waals surface area (Å²) in [5.74, 6) is -5.67. The van der Waals surface area contributed by atoms with E-state index >= 15 is 0 Å². The molecule has 0 aliphatic carbocycles. The molecule has 4 unspecified atom stereocenters. The van der Waals surface area contributed by atoms with Crippen molar-refractivity contribution in [1.29, 1.82) is 0 Å². The third kappa shape index (κ3) is 12.2. The molecule has 0 fully saturated rings. The van der Waals surface area contributed by atoms with Crippen LogP contribution in [0.3, 0.4) is 0 Å². The van der Waals surface area contributed by atoms with E-state index in [0.29, 0.717) is 5.75 Å². The largest absolute Gasteiger partial charge is 0.481 e. The van der Waals surface area contributed by atoms with E-state index in [-0.39, 0.29) is 25.7 Å². The number of rotatable bonds is 17. The highest BCUT2D eigenvalue weighted by Crippen LogP contribution is 2.07. The Labute approximate surface area is 218 Å². The zero-order chi connectivity index (χ0) is 28.0. The van der Waals surface area contributed by atoms with Gasteiger partial charge >= 0.3 is 11.9 Å². The Morgan fingerprint density at radius 1 is 0.865 bits per heavy atom. The summed E-state index contributed by atoms with van der Waals surface area (Å²) in [5.41, 5.74) is 11.7. The number of aliphatic carboxylic acids is 2. The van der Waals surface area contributed by atoms with Crippen LogP contribution in [0.1, 0.15) is 31.2 Å². The number of carbonyl (C=O) groups is 6. The third-order valence-electron chi connectivity index (χ3n) is 5.18. The van der Waals surface area contributed by atoms with Gasteiger partial charge < -0.3 is 37.6 Å². The fourth-order valence-corrected chi connectivity index (χ4v) is 3.69. The molecule has 1 rings (SSSR count). The molecule has 0 aliphatic rings. The van der Waals surface area contributed by atoms with Gasteiger partial charge in [0.2, 0.25) is 23.6 Å². The number of carboxylic acid groups (broad SMARTS) is 2. The molecule has 0 heterocycles. The minimum atomic E-state index is -1.54. The number of hydrogen-bond donors (Lipinski definition) is 7. The van der Waals surface area contributed by atoms with Crippen molar-refractivity contribution in [2.24, 2.45) is 11.5 Å². The van der Waals surface area contributed by atoms with Gasteiger partial charge in [-0.2, -0.15) is 11.8 Å². The van der Waals surface area contributed by atoms with E-state index in [1.54, 1.807) is 36.6 Å². The lowest BCUT2D eigenvalue weighted by Crippen LogP contribution is -2.57. The number of thioether (sulfide) groups is 1. The van der Waals surface area contributed by atoms with Crippen LogP contribution in [0.5, 0.6) is 0 Å². The molecule has 4 atom stereocenters. The average Bonchev–Trinajstić information content (AvgIpc) is 2.83. The van der Waals surface area contributed by atoms with Crippen molar-refractivity contribution in [2.45, 2.75) is 56.3 Å². The van der Waals surface area contributed by atoms with Crippen LogP contribution in [0, 0.1) is 0 Å². The van der Waals surface area contributed by atoms with Crippen molar-refractivity contribution >= 4 is 47.3 Å². The molecule has 1 aromatic rings. The van der Waals surface area contributed by atoms with Gasteiger partial charge in [0, 0.05) is 6.42 Å². The zero-order valence-corrected chi connectivity index (χ0v) is 21.2. The number of carbonyl (C=O) groups excluding carboxylic acids is 4. The summed E-state index contributed by atoms with van der Waals surface area (Å²) in [6.07, 6.45) is 0.677. The van der Waals surface area contributed by atoms with Gasteiger partial charge in [0.25, 0.3) is 0 Å². The molecule has 37 heavy (non-hydrogen) atoms. The molecule has 0 radical (unpaired) electrons. The first kappa shape index (κ1) is 31.4. The predicted molar refractivity (Wildman–Crippen MR) is 135 cm³/mol. The molecule has 0 saturated carbocycles. The second-order valence-corrected chi connectivity index (χ2v) is 9.19. The lowest BCUT2D eigenvalue weighted by molar-refractivity contribution is -0.143. The van der Waals surface area contributed by atoms with Crippen LogP contribution in [0.25, 0.3) is 0 Å². The number of hydrogen-bond acceptors (Lipinski definition) is 8. The fraction of sp³-hybridized carbons (Fsp3) is 0.478. The first-order valence-corrected chi connectivity index (χ1v) is 12.8. The summed E-state index contributed by atoms with van der Waals surface area (Å²) in [6.45, 7) is 0. The number of nitrogens with two attached hydrogens (primary N) is 2. The molecule has 9 N–H and O–H groups in total. The van der Waals surface area contributed by atoms with Gasteiger partial charge in [-0.15, -0.1) is 0 Å². The monoisotopic (exact) mass is 539 g/mol. The van der Waals surface area contributed by atoms with E-state index in [2.05, 4.69) is 16.0 Å². The van der Waals surface area contributed by atoms with Gasteiger partial charge in [0.1, 0.15) is 18.1 Å². The smallest absolute Gasteiger partial charge is 0.326 e. The Kier molecular flexibility index (Phi) is 13.7. The number of primary amides is 1. The zero-order valence-electron chi connectivity index (χ0n) is 20.3. The molecule has 13 nitrogen and oxygen atoms in total. The summed E-state index contributed by atoms with van der Waals surface area (Å²) >= 11 is 1.36. The molecule has 0 aliphatic heterocycles. The van der Waals surface area contributed by atoms with Crippen LogP contribution < -0.4 is 27.4 Å². The summed E-state index contributed by atoms with van der Waals surface area (Å²) < 4.78 is 0. The number of benzene rings is 1. The second kappa shape index (κ2) is 16.2. The van der Waals surface area contributed by atoms with Crippen LogP contribution in [0.4, 0.5) is 0 Å². The van der Waals surface area contributed by atoms with Crippen molar-refractivity contribution in [1.82, 2.24) is 16.0 Å². The molecule has 0 saturated heterocycles. The van der Waals surface area contributed by atoms with Gasteiger partial charge in [-0.05, 0) is 36.8 Å². The highest BCUT2D eigenvalue weighted by Gasteiger charge is 2.31. The SMILES string of the molecule is CSCCC(NC(=O)C(CC(=O)O)NC(=O)C(N)Cc1ccccc1)C(=O)NC(CCC(N)=O)C(=O)O. The minimum Gasteiger partial charge on any atom is -0.481 e. The van der Waals surface area contributed by atoms with Crippen molar-refractivity contribution in [2.75, 3.05) is 12.0 Å². The van der Waals surface area contributed by atoms with Crippen LogP contribution >= 0.6 is 11.8 Å². The maximum absolute atomic E-state index is 12.9. The van der Waals surface area contributed by atoms with Crippen LogP contribution in [-0.4, -0.2) is 82.0 Å². The minimum absolute atomic E-state index is 0.0855. The van der Waals surface area contributed by atoms with Crippen molar-refractivity contribution in [3.63, 3.8) is 0 Å². The first-order valence-electron chi connectivity index (χ1n) is 11.4. The number of nitrogens with one attached hydrogen (secondary N) is 3. The van der Waals surface area contributed by atoms with Crippen molar-refractivity contribution < 1.29 is 39.0 Å². The topological polar surface area (TPSA) is 231 Å². The fourth-order valence-electron chi connectivity index (χ4n) is 3.22. The van der Waals surface area contributed by atoms with Gasteiger partial charge in [-0.3, -0.25) is 24.0 Å². The average molecular weight is 540 g/mol. The molecular weight excluding hydrogens is 506 g/mol. The Balaban J connectivity index is 2.94. The van der Waals surface area contributed by atoms with E-state index in [1.165, 1.54) is 11.8 Å². The maximum atomic E-state index is 12.9. The summed E-state index contributed by atoms with van der Waals surface area (Å²) in [6, 6.07) is 3.58. The Bertz CT molecular complexity index is 962. The van der Waals surface area contributed by atoms with E-state index in [4.69, 9.17) is 11.5 Å². The summed E-state index contributed by atoms with van der Waals surface area (Å²) in [4.78, 5) is 72.1. The second-order valence-electron chi connectivity index (χ2n) is 8.20. The van der Waals surface area contributed by atoms with Gasteiger partial charge in [0.05, 0.1) is 12.5 Å². The summed E-state index contributed by atoms with van der Waals surface area (Å²) in [5, 5.41) is 25.5. The highest BCUT2D eigenvalue weighted by atomic mass is 32.2. The standard InChI is InChI=1S/C23H33N5O8S/c1-37-10-9-15(21(33)27-16(23(35)36)7-8-18(25)29)26-22(34)17(12-19(30)31)28-20(32)14(24)11-13-5-3-2-4-6-13/h2-6,14-17H,7-12,24H2,1H3,(H2,25,29)(H,26,34)(H,27,33)(H,28,32)(H,30,31)(H,35,36).